The molecular weight excluding hydrogens is 402 g/mol. The van der Waals surface area contributed by atoms with E-state index in [0.717, 1.165) is 25.7 Å². The van der Waals surface area contributed by atoms with Crippen LogP contribution in [-0.2, 0) is 9.53 Å². The summed E-state index contributed by atoms with van der Waals surface area (Å²) in [6.07, 6.45) is 3.54. The van der Waals surface area contributed by atoms with Crippen LogP contribution < -0.4 is 9.47 Å². The van der Waals surface area contributed by atoms with E-state index in [0.29, 0.717) is 30.1 Å². The third-order valence-corrected chi connectivity index (χ3v) is 4.24. The number of esters is 2. The van der Waals surface area contributed by atoms with Crippen molar-refractivity contribution in [2.24, 2.45) is 0 Å². The molecule has 0 aliphatic rings. The minimum atomic E-state index is -0.562. The fourth-order valence-electron chi connectivity index (χ4n) is 2.52. The summed E-state index contributed by atoms with van der Waals surface area (Å²) in [7, 11) is 0. The van der Waals surface area contributed by atoms with Gasteiger partial charge in [0.05, 0.1) is 23.7 Å². The van der Waals surface area contributed by atoms with Crippen molar-refractivity contribution in [3.05, 3.63) is 76.4 Å². The largest absolute Gasteiger partial charge is 0.494 e. The first-order chi connectivity index (χ1) is 14.9. The van der Waals surface area contributed by atoms with Crippen LogP contribution in [0.3, 0.4) is 0 Å². The normalized spacial score (nSPS) is 10.2. The summed E-state index contributed by atoms with van der Waals surface area (Å²) in [5.74, 6) is -0.0521. The third-order valence-electron chi connectivity index (χ3n) is 4.24. The number of nitro groups is 1. The molecule has 2 aromatic rings. The van der Waals surface area contributed by atoms with E-state index >= 15 is 0 Å². The molecule has 0 bridgehead atoms. The van der Waals surface area contributed by atoms with Crippen LogP contribution >= 0.6 is 0 Å². The number of hydrogen-bond donors (Lipinski definition) is 0. The van der Waals surface area contributed by atoms with Gasteiger partial charge in [-0.2, -0.15) is 0 Å². The van der Waals surface area contributed by atoms with E-state index in [1.165, 1.54) is 24.3 Å². The van der Waals surface area contributed by atoms with E-state index in [-0.39, 0.29) is 17.4 Å². The predicted octanol–water partition coefficient (Wildman–Crippen LogP) is 4.87. The zero-order valence-corrected chi connectivity index (χ0v) is 17.4. The summed E-state index contributed by atoms with van der Waals surface area (Å²) >= 11 is 0. The zero-order valence-electron chi connectivity index (χ0n) is 17.4. The highest BCUT2D eigenvalue weighted by Gasteiger charge is 2.11. The Morgan fingerprint density at radius 1 is 0.903 bits per heavy atom. The van der Waals surface area contributed by atoms with Crippen LogP contribution in [0.15, 0.2) is 60.7 Å². The summed E-state index contributed by atoms with van der Waals surface area (Å²) in [5.41, 5.74) is 0.668. The number of rotatable bonds is 12. The first kappa shape index (κ1) is 23.6. The number of carbonyl (C=O) groups excluding carboxylic acids is 2. The highest BCUT2D eigenvalue weighted by atomic mass is 16.6. The second-order valence-corrected chi connectivity index (χ2v) is 6.84. The number of ether oxygens (including phenoxy) is 3. The summed E-state index contributed by atoms with van der Waals surface area (Å²) in [6, 6.07) is 11.9. The molecule has 0 aliphatic heterocycles. The van der Waals surface area contributed by atoms with Crippen molar-refractivity contribution in [1.82, 2.24) is 0 Å². The van der Waals surface area contributed by atoms with Crippen molar-refractivity contribution in [2.75, 3.05) is 13.2 Å². The van der Waals surface area contributed by atoms with Gasteiger partial charge >= 0.3 is 11.9 Å². The van der Waals surface area contributed by atoms with E-state index in [1.807, 2.05) is 0 Å². The van der Waals surface area contributed by atoms with Crippen molar-refractivity contribution in [3.63, 3.8) is 0 Å². The average molecular weight is 427 g/mol. The van der Waals surface area contributed by atoms with Crippen LogP contribution in [0.1, 0.15) is 43.0 Å². The van der Waals surface area contributed by atoms with Crippen LogP contribution in [0.25, 0.3) is 0 Å². The van der Waals surface area contributed by atoms with Crippen LogP contribution in [0.4, 0.5) is 5.69 Å². The smallest absolute Gasteiger partial charge is 0.343 e. The van der Waals surface area contributed by atoms with E-state index in [9.17, 15) is 19.7 Å². The molecule has 0 aliphatic carbocycles. The molecule has 0 unspecified atom stereocenters. The fraction of sp³-hybridized carbons (Fsp3) is 0.304. The van der Waals surface area contributed by atoms with E-state index in [4.69, 9.17) is 14.2 Å². The number of hydrogen-bond acceptors (Lipinski definition) is 7. The van der Waals surface area contributed by atoms with Gasteiger partial charge < -0.3 is 14.2 Å². The minimum Gasteiger partial charge on any atom is -0.494 e. The van der Waals surface area contributed by atoms with Crippen molar-refractivity contribution in [3.8, 4) is 11.5 Å². The Balaban J connectivity index is 1.66. The maximum absolute atomic E-state index is 12.2. The van der Waals surface area contributed by atoms with Gasteiger partial charge in [0, 0.05) is 17.7 Å². The van der Waals surface area contributed by atoms with Crippen molar-refractivity contribution >= 4 is 17.6 Å². The topological polar surface area (TPSA) is 105 Å². The molecule has 0 atom stereocenters. The molecule has 0 saturated carbocycles. The van der Waals surface area contributed by atoms with Crippen LogP contribution in [0.2, 0.25) is 0 Å². The second-order valence-electron chi connectivity index (χ2n) is 6.84. The number of carbonyl (C=O) groups is 2. The monoisotopic (exact) mass is 427 g/mol. The summed E-state index contributed by atoms with van der Waals surface area (Å²) < 4.78 is 15.9. The molecule has 0 amide bonds. The molecule has 0 N–H and O–H groups in total. The maximum Gasteiger partial charge on any atom is 0.343 e. The molecular formula is C23H25NO7. The summed E-state index contributed by atoms with van der Waals surface area (Å²) in [4.78, 5) is 33.5. The molecule has 0 radical (unpaired) electrons. The van der Waals surface area contributed by atoms with E-state index < -0.39 is 10.9 Å². The number of nitro benzene ring substituents is 1. The maximum atomic E-state index is 12.2. The predicted molar refractivity (Wildman–Crippen MR) is 114 cm³/mol. The lowest BCUT2D eigenvalue weighted by molar-refractivity contribution is -0.384. The third kappa shape index (κ3) is 8.30. The zero-order chi connectivity index (χ0) is 22.6. The van der Waals surface area contributed by atoms with Gasteiger partial charge in [-0.3, -0.25) is 10.1 Å². The summed E-state index contributed by atoms with van der Waals surface area (Å²) in [5, 5.41) is 10.7. The Labute approximate surface area is 180 Å². The Hall–Kier alpha value is -3.68. The van der Waals surface area contributed by atoms with Crippen LogP contribution in [0, 0.1) is 10.1 Å². The Morgan fingerprint density at radius 2 is 1.48 bits per heavy atom. The molecule has 0 aromatic heterocycles. The van der Waals surface area contributed by atoms with E-state index in [2.05, 4.69) is 6.58 Å². The van der Waals surface area contributed by atoms with Gasteiger partial charge in [-0.15, -0.1) is 0 Å². The fourth-order valence-corrected chi connectivity index (χ4v) is 2.52. The molecule has 8 heteroatoms. The quantitative estimate of drug-likeness (QED) is 0.119. The van der Waals surface area contributed by atoms with Crippen molar-refractivity contribution in [1.29, 1.82) is 0 Å². The lowest BCUT2D eigenvalue weighted by Gasteiger charge is -2.08. The lowest BCUT2D eigenvalue weighted by Crippen LogP contribution is -2.08. The molecule has 0 fully saturated rings. The highest BCUT2D eigenvalue weighted by molar-refractivity contribution is 5.91. The molecule has 31 heavy (non-hydrogen) atoms. The Bertz CT molecular complexity index is 905. The van der Waals surface area contributed by atoms with Crippen LogP contribution in [-0.4, -0.2) is 30.1 Å². The van der Waals surface area contributed by atoms with Gasteiger partial charge in [0.25, 0.3) is 5.69 Å². The van der Waals surface area contributed by atoms with Gasteiger partial charge in [0.2, 0.25) is 0 Å². The number of nitrogens with zero attached hydrogens (tertiary/aromatic N) is 1. The van der Waals surface area contributed by atoms with Crippen LogP contribution in [0.5, 0.6) is 11.5 Å². The first-order valence-corrected chi connectivity index (χ1v) is 9.89. The lowest BCUT2D eigenvalue weighted by atomic mass is 10.2. The van der Waals surface area contributed by atoms with Gasteiger partial charge in [-0.05, 0) is 69.0 Å². The Kier molecular flexibility index (Phi) is 9.22. The molecule has 2 rings (SSSR count). The standard InChI is InChI=1S/C23H25NO7/c1-17(2)22(25)30-16-6-4-3-5-15-29-20-11-7-18(8-12-20)23(26)31-21-13-9-19(10-14-21)24(27)28/h7-14H,1,3-6,15-16H2,2H3. The SMILES string of the molecule is C=C(C)C(=O)OCCCCCCOc1ccc(C(=O)Oc2ccc([N+](=O)[O-])cc2)cc1. The molecule has 0 heterocycles. The van der Waals surface area contributed by atoms with Gasteiger partial charge in [-0.1, -0.05) is 6.58 Å². The summed E-state index contributed by atoms with van der Waals surface area (Å²) in [6.45, 7) is 6.08. The number of unbranched alkanes of at least 4 members (excludes halogenated alkanes) is 3. The molecule has 8 nitrogen and oxygen atoms in total. The Morgan fingerprint density at radius 3 is 2.06 bits per heavy atom. The minimum absolute atomic E-state index is 0.0764. The first-order valence-electron chi connectivity index (χ1n) is 9.89. The van der Waals surface area contributed by atoms with Gasteiger partial charge in [0.1, 0.15) is 11.5 Å². The van der Waals surface area contributed by atoms with Crippen molar-refractivity contribution < 1.29 is 28.7 Å². The van der Waals surface area contributed by atoms with Gasteiger partial charge in [0.15, 0.2) is 0 Å². The molecule has 0 spiro atoms. The second kappa shape index (κ2) is 12.1. The van der Waals surface area contributed by atoms with Crippen molar-refractivity contribution in [2.45, 2.75) is 32.6 Å². The average Bonchev–Trinajstić information content (AvgIpc) is 2.76. The molecule has 164 valence electrons. The van der Waals surface area contributed by atoms with Gasteiger partial charge in [-0.25, -0.2) is 9.59 Å². The highest BCUT2D eigenvalue weighted by Crippen LogP contribution is 2.19. The van der Waals surface area contributed by atoms with E-state index in [1.54, 1.807) is 31.2 Å². The molecule has 2 aromatic carbocycles. The number of benzene rings is 2. The number of non-ortho nitro benzene ring substituents is 1. The molecule has 0 saturated heterocycles.